The van der Waals surface area contributed by atoms with Crippen molar-refractivity contribution in [1.29, 1.82) is 0 Å². The number of aromatic nitrogens is 6. The van der Waals surface area contributed by atoms with Crippen molar-refractivity contribution < 1.29 is 0 Å². The third-order valence-corrected chi connectivity index (χ3v) is 4.89. The molecule has 7 heteroatoms. The highest BCUT2D eigenvalue weighted by molar-refractivity contribution is 6.30. The number of hydrogen-bond donors (Lipinski definition) is 0. The predicted octanol–water partition coefficient (Wildman–Crippen LogP) is 5.38. The molecule has 0 amide bonds. The molecular formula is C24H15ClN6. The van der Waals surface area contributed by atoms with E-state index in [0.717, 1.165) is 27.9 Å². The first-order valence-corrected chi connectivity index (χ1v) is 9.93. The Balaban J connectivity index is 1.58. The molecule has 0 aliphatic carbocycles. The molecule has 5 rings (SSSR count). The highest BCUT2D eigenvalue weighted by Gasteiger charge is 2.13. The van der Waals surface area contributed by atoms with E-state index in [2.05, 4.69) is 29.9 Å². The Morgan fingerprint density at radius 2 is 1.03 bits per heavy atom. The minimum absolute atomic E-state index is 0.530. The first kappa shape index (κ1) is 19.0. The monoisotopic (exact) mass is 422 g/mol. The maximum atomic E-state index is 5.98. The van der Waals surface area contributed by atoms with E-state index in [1.54, 1.807) is 31.0 Å². The van der Waals surface area contributed by atoms with E-state index in [9.17, 15) is 0 Å². The van der Waals surface area contributed by atoms with Gasteiger partial charge in [-0.15, -0.1) is 0 Å². The van der Waals surface area contributed by atoms with E-state index in [-0.39, 0.29) is 0 Å². The van der Waals surface area contributed by atoms with Crippen LogP contribution in [0.25, 0.3) is 45.4 Å². The van der Waals surface area contributed by atoms with Gasteiger partial charge >= 0.3 is 0 Å². The lowest BCUT2D eigenvalue weighted by Crippen LogP contribution is -2.00. The molecule has 148 valence electrons. The van der Waals surface area contributed by atoms with E-state index in [4.69, 9.17) is 11.6 Å². The van der Waals surface area contributed by atoms with E-state index < -0.39 is 0 Å². The molecule has 6 nitrogen and oxygen atoms in total. The van der Waals surface area contributed by atoms with Crippen molar-refractivity contribution in [3.8, 4) is 45.4 Å². The van der Waals surface area contributed by atoms with Gasteiger partial charge in [0.05, 0.1) is 5.69 Å². The maximum Gasteiger partial charge on any atom is 0.165 e. The quantitative estimate of drug-likeness (QED) is 0.387. The van der Waals surface area contributed by atoms with Gasteiger partial charge in [0.15, 0.2) is 17.5 Å². The molecule has 5 aromatic rings. The molecule has 4 aromatic heterocycles. The number of hydrogen-bond acceptors (Lipinski definition) is 6. The van der Waals surface area contributed by atoms with Crippen LogP contribution in [-0.2, 0) is 0 Å². The molecule has 0 saturated heterocycles. The summed E-state index contributed by atoms with van der Waals surface area (Å²) in [7, 11) is 0. The SMILES string of the molecule is Clc1ccc(-c2ccc(-c3nc(-c4cccnc4)nc(-c4cccnc4)n3)cn2)cc1. The fraction of sp³-hybridized carbons (Fsp3) is 0. The smallest absolute Gasteiger partial charge is 0.165 e. The van der Waals surface area contributed by atoms with Crippen LogP contribution < -0.4 is 0 Å². The highest BCUT2D eigenvalue weighted by atomic mass is 35.5. The fourth-order valence-electron chi connectivity index (χ4n) is 3.07. The summed E-state index contributed by atoms with van der Waals surface area (Å²) in [6.45, 7) is 0. The molecule has 0 N–H and O–H groups in total. The van der Waals surface area contributed by atoms with Gasteiger partial charge in [0.25, 0.3) is 0 Å². The van der Waals surface area contributed by atoms with Crippen molar-refractivity contribution in [3.05, 3.63) is 96.7 Å². The molecule has 31 heavy (non-hydrogen) atoms. The van der Waals surface area contributed by atoms with Crippen LogP contribution >= 0.6 is 11.6 Å². The Kier molecular flexibility index (Phi) is 5.12. The molecule has 0 saturated carbocycles. The summed E-state index contributed by atoms with van der Waals surface area (Å²) in [5, 5.41) is 0.691. The Hall–Kier alpha value is -4.03. The molecule has 0 spiro atoms. The minimum atomic E-state index is 0.530. The lowest BCUT2D eigenvalue weighted by Gasteiger charge is -2.08. The van der Waals surface area contributed by atoms with Gasteiger partial charge in [0.2, 0.25) is 0 Å². The topological polar surface area (TPSA) is 77.3 Å². The predicted molar refractivity (Wildman–Crippen MR) is 120 cm³/mol. The second kappa shape index (κ2) is 8.38. The van der Waals surface area contributed by atoms with E-state index in [1.165, 1.54) is 0 Å². The van der Waals surface area contributed by atoms with Gasteiger partial charge in [0.1, 0.15) is 0 Å². The fourth-order valence-corrected chi connectivity index (χ4v) is 3.20. The number of pyridine rings is 3. The Labute approximate surface area is 183 Å². The molecule has 0 unspecified atom stereocenters. The zero-order valence-corrected chi connectivity index (χ0v) is 17.0. The van der Waals surface area contributed by atoms with Crippen LogP contribution in [0.3, 0.4) is 0 Å². The van der Waals surface area contributed by atoms with E-state index in [0.29, 0.717) is 22.5 Å². The molecule has 0 fully saturated rings. The van der Waals surface area contributed by atoms with Crippen molar-refractivity contribution in [3.63, 3.8) is 0 Å². The van der Waals surface area contributed by atoms with Crippen molar-refractivity contribution in [2.75, 3.05) is 0 Å². The average Bonchev–Trinajstić information content (AvgIpc) is 2.85. The number of halogens is 1. The van der Waals surface area contributed by atoms with Crippen molar-refractivity contribution in [2.45, 2.75) is 0 Å². The van der Waals surface area contributed by atoms with E-state index in [1.807, 2.05) is 60.7 Å². The van der Waals surface area contributed by atoms with Crippen LogP contribution in [0.1, 0.15) is 0 Å². The Morgan fingerprint density at radius 3 is 1.48 bits per heavy atom. The van der Waals surface area contributed by atoms with Gasteiger partial charge in [0, 0.05) is 58.3 Å². The lowest BCUT2D eigenvalue weighted by atomic mass is 10.1. The van der Waals surface area contributed by atoms with Gasteiger partial charge in [-0.05, 0) is 48.5 Å². The molecule has 0 atom stereocenters. The Morgan fingerprint density at radius 1 is 0.516 bits per heavy atom. The van der Waals surface area contributed by atoms with E-state index >= 15 is 0 Å². The first-order valence-electron chi connectivity index (χ1n) is 9.55. The number of benzene rings is 1. The minimum Gasteiger partial charge on any atom is -0.264 e. The average molecular weight is 423 g/mol. The zero-order chi connectivity index (χ0) is 21.0. The summed E-state index contributed by atoms with van der Waals surface area (Å²) < 4.78 is 0. The summed E-state index contributed by atoms with van der Waals surface area (Å²) in [6.07, 6.45) is 8.65. The number of nitrogens with zero attached hydrogens (tertiary/aromatic N) is 6. The van der Waals surface area contributed by atoms with Crippen molar-refractivity contribution >= 4 is 11.6 Å². The molecule has 0 aliphatic heterocycles. The molecule has 4 heterocycles. The summed E-state index contributed by atoms with van der Waals surface area (Å²) in [6, 6.07) is 19.0. The Bertz CT molecular complexity index is 1250. The standard InChI is InChI=1S/C24H15ClN6/c25-20-8-5-16(6-9-20)21-10-7-19(15-28-21)24-30-22(17-3-1-11-26-13-17)29-23(31-24)18-4-2-12-27-14-18/h1-15H. The maximum absolute atomic E-state index is 5.98. The van der Waals surface area contributed by atoms with Crippen LogP contribution in [0, 0.1) is 0 Å². The van der Waals surface area contributed by atoms with Crippen molar-refractivity contribution in [1.82, 2.24) is 29.9 Å². The normalized spacial score (nSPS) is 10.7. The van der Waals surface area contributed by atoms with Crippen LogP contribution in [0.15, 0.2) is 91.6 Å². The van der Waals surface area contributed by atoms with Crippen LogP contribution in [-0.4, -0.2) is 29.9 Å². The van der Waals surface area contributed by atoms with Crippen molar-refractivity contribution in [2.24, 2.45) is 0 Å². The summed E-state index contributed by atoms with van der Waals surface area (Å²) in [5.74, 6) is 1.61. The van der Waals surface area contributed by atoms with Gasteiger partial charge < -0.3 is 0 Å². The largest absolute Gasteiger partial charge is 0.264 e. The van der Waals surface area contributed by atoms with Crippen LogP contribution in [0.5, 0.6) is 0 Å². The molecular weight excluding hydrogens is 408 g/mol. The zero-order valence-electron chi connectivity index (χ0n) is 16.2. The van der Waals surface area contributed by atoms with Gasteiger partial charge in [-0.25, -0.2) is 15.0 Å². The van der Waals surface area contributed by atoms with Gasteiger partial charge in [-0.3, -0.25) is 15.0 Å². The molecule has 0 bridgehead atoms. The summed E-state index contributed by atoms with van der Waals surface area (Å²) in [5.41, 5.74) is 4.23. The van der Waals surface area contributed by atoms with Crippen LogP contribution in [0.4, 0.5) is 0 Å². The second-order valence-electron chi connectivity index (χ2n) is 6.73. The second-order valence-corrected chi connectivity index (χ2v) is 7.17. The highest BCUT2D eigenvalue weighted by Crippen LogP contribution is 2.25. The lowest BCUT2D eigenvalue weighted by molar-refractivity contribution is 1.06. The van der Waals surface area contributed by atoms with Gasteiger partial charge in [-0.2, -0.15) is 0 Å². The summed E-state index contributed by atoms with van der Waals surface area (Å²) in [4.78, 5) is 26.9. The number of rotatable bonds is 4. The van der Waals surface area contributed by atoms with Crippen LogP contribution in [0.2, 0.25) is 5.02 Å². The summed E-state index contributed by atoms with van der Waals surface area (Å²) >= 11 is 5.98. The molecule has 0 radical (unpaired) electrons. The molecule has 0 aliphatic rings. The third-order valence-electron chi connectivity index (χ3n) is 4.64. The third kappa shape index (κ3) is 4.15. The first-order chi connectivity index (χ1) is 15.3. The molecule has 1 aromatic carbocycles. The van der Waals surface area contributed by atoms with Gasteiger partial charge in [-0.1, -0.05) is 23.7 Å².